The van der Waals surface area contributed by atoms with Crippen LogP contribution in [0.4, 0.5) is 11.4 Å². The summed E-state index contributed by atoms with van der Waals surface area (Å²) in [6.45, 7) is 0. The van der Waals surface area contributed by atoms with Crippen molar-refractivity contribution >= 4 is 17.3 Å². The van der Waals surface area contributed by atoms with Gasteiger partial charge in [0.15, 0.2) is 0 Å². The van der Waals surface area contributed by atoms with Gasteiger partial charge in [-0.25, -0.2) is 4.98 Å². The van der Waals surface area contributed by atoms with Gasteiger partial charge in [-0.15, -0.1) is 0 Å². The molecule has 0 fully saturated rings. The second-order valence-corrected chi connectivity index (χ2v) is 2.17. The van der Waals surface area contributed by atoms with Crippen LogP contribution in [0.2, 0.25) is 0 Å². The van der Waals surface area contributed by atoms with Crippen molar-refractivity contribution in [2.45, 2.75) is 0 Å². The van der Waals surface area contributed by atoms with Crippen molar-refractivity contribution in [1.29, 1.82) is 0 Å². The molecule has 0 unspecified atom stereocenters. The first-order valence-electron chi connectivity index (χ1n) is 3.13. The van der Waals surface area contributed by atoms with Gasteiger partial charge in [0.2, 0.25) is 0 Å². The molecule has 0 saturated heterocycles. The van der Waals surface area contributed by atoms with Crippen molar-refractivity contribution in [2.75, 3.05) is 5.73 Å². The largest absolute Gasteiger partial charge is 0.543 e. The van der Waals surface area contributed by atoms with E-state index < -0.39 is 22.3 Å². The van der Waals surface area contributed by atoms with E-state index in [4.69, 9.17) is 5.73 Å². The Balaban J connectivity index is 0.00000169. The van der Waals surface area contributed by atoms with Gasteiger partial charge in [0, 0.05) is 0 Å². The van der Waals surface area contributed by atoms with Gasteiger partial charge >= 0.3 is 5.69 Å². The lowest BCUT2D eigenvalue weighted by Crippen LogP contribution is -2.23. The highest BCUT2D eigenvalue weighted by atomic mass is 16.6. The van der Waals surface area contributed by atoms with Crippen LogP contribution < -0.4 is 17.0 Å². The third-order valence-corrected chi connectivity index (χ3v) is 1.32. The highest BCUT2D eigenvalue weighted by molar-refractivity contribution is 5.85. The number of hydrogen-bond donors (Lipinski definition) is 2. The highest BCUT2D eigenvalue weighted by Crippen LogP contribution is 2.19. The third kappa shape index (κ3) is 2.14. The number of nitrogens with zero attached hydrogens (tertiary/aromatic N) is 2. The van der Waals surface area contributed by atoms with Crippen molar-refractivity contribution in [3.63, 3.8) is 0 Å². The number of anilines is 1. The highest BCUT2D eigenvalue weighted by Gasteiger charge is 2.12. The minimum atomic E-state index is -1.53. The number of carbonyl (C=O) groups excluding carboxylic acids is 1. The number of nitrogens with two attached hydrogens (primary N) is 1. The fourth-order valence-electron chi connectivity index (χ4n) is 0.728. The van der Waals surface area contributed by atoms with Gasteiger partial charge in [-0.05, 0) is 6.07 Å². The van der Waals surface area contributed by atoms with E-state index in [0.29, 0.717) is 0 Å². The minimum Gasteiger partial charge on any atom is -0.543 e. The minimum absolute atomic E-state index is 0. The van der Waals surface area contributed by atoms with Crippen LogP contribution in [-0.4, -0.2) is 15.9 Å². The molecule has 1 aromatic heterocycles. The molecule has 0 saturated carbocycles. The normalized spacial score (nSPS) is 8.86. The SMILES string of the molecule is Nc1cc(C(=O)[O-])ncc1[N+](=O)[O-].[NH4+]. The summed E-state index contributed by atoms with van der Waals surface area (Å²) < 4.78 is 0. The number of hydrogen-bond acceptors (Lipinski definition) is 6. The predicted octanol–water partition coefficient (Wildman–Crippen LogP) is -0.688. The maximum Gasteiger partial charge on any atom is 0.310 e. The lowest BCUT2D eigenvalue weighted by molar-refractivity contribution is -0.384. The molecule has 0 spiro atoms. The van der Waals surface area contributed by atoms with Crippen LogP contribution in [-0.2, 0) is 0 Å². The van der Waals surface area contributed by atoms with Crippen molar-refractivity contribution < 1.29 is 14.8 Å². The van der Waals surface area contributed by atoms with Crippen molar-refractivity contribution in [1.82, 2.24) is 11.1 Å². The molecule has 0 radical (unpaired) electrons. The fourth-order valence-corrected chi connectivity index (χ4v) is 0.728. The van der Waals surface area contributed by atoms with E-state index in [2.05, 4.69) is 4.98 Å². The standard InChI is InChI=1S/C6H5N3O4.H3N/c7-3-1-4(6(10)11)8-2-5(3)9(12)13;/h1-2H,(H2,7,8)(H,10,11);1H3. The van der Waals surface area contributed by atoms with Gasteiger partial charge in [0.05, 0.1) is 16.6 Å². The van der Waals surface area contributed by atoms with Gasteiger partial charge in [0.1, 0.15) is 11.9 Å². The summed E-state index contributed by atoms with van der Waals surface area (Å²) in [6.07, 6.45) is 0.778. The maximum atomic E-state index is 10.2. The van der Waals surface area contributed by atoms with Crippen molar-refractivity contribution in [2.24, 2.45) is 0 Å². The molecule has 0 aromatic carbocycles. The molecule has 0 atom stereocenters. The first-order chi connectivity index (χ1) is 6.02. The lowest BCUT2D eigenvalue weighted by Gasteiger charge is -2.01. The number of carbonyl (C=O) groups is 1. The van der Waals surface area contributed by atoms with Crippen LogP contribution in [0.3, 0.4) is 0 Å². The van der Waals surface area contributed by atoms with Gasteiger partial charge in [-0.2, -0.15) is 0 Å². The second kappa shape index (κ2) is 4.14. The van der Waals surface area contributed by atoms with Crippen molar-refractivity contribution in [3.05, 3.63) is 28.1 Å². The monoisotopic (exact) mass is 200 g/mol. The predicted molar refractivity (Wildman–Crippen MR) is 45.6 cm³/mol. The summed E-state index contributed by atoms with van der Waals surface area (Å²) >= 11 is 0. The van der Waals surface area contributed by atoms with Gasteiger partial charge in [-0.3, -0.25) is 10.1 Å². The molecule has 0 aliphatic heterocycles. The number of rotatable bonds is 2. The molecule has 1 rings (SSSR count). The molecule has 76 valence electrons. The molecule has 8 nitrogen and oxygen atoms in total. The van der Waals surface area contributed by atoms with Crippen LogP contribution in [0.5, 0.6) is 0 Å². The van der Waals surface area contributed by atoms with Crippen molar-refractivity contribution in [3.8, 4) is 0 Å². The number of carboxylic acids is 1. The molecule has 0 aliphatic rings. The summed E-state index contributed by atoms with van der Waals surface area (Å²) in [7, 11) is 0. The molecule has 0 bridgehead atoms. The Hall–Kier alpha value is -2.22. The van der Waals surface area contributed by atoms with Crippen LogP contribution >= 0.6 is 0 Å². The Kier molecular flexibility index (Phi) is 3.48. The van der Waals surface area contributed by atoms with Gasteiger partial charge < -0.3 is 21.8 Å². The molecular weight excluding hydrogens is 192 g/mol. The number of aromatic nitrogens is 1. The smallest absolute Gasteiger partial charge is 0.310 e. The Bertz CT molecular complexity index is 378. The van der Waals surface area contributed by atoms with E-state index in [1.54, 1.807) is 0 Å². The van der Waals surface area contributed by atoms with Gasteiger partial charge in [-0.1, -0.05) is 0 Å². The Labute approximate surface area is 78.1 Å². The summed E-state index contributed by atoms with van der Waals surface area (Å²) in [5.41, 5.74) is 4.08. The van der Waals surface area contributed by atoms with E-state index in [9.17, 15) is 20.0 Å². The van der Waals surface area contributed by atoms with Crippen LogP contribution in [0.1, 0.15) is 10.5 Å². The maximum absolute atomic E-state index is 10.2. The molecule has 6 N–H and O–H groups in total. The average Bonchev–Trinajstić information content (AvgIpc) is 2.03. The van der Waals surface area contributed by atoms with E-state index in [1.807, 2.05) is 0 Å². The average molecular weight is 200 g/mol. The first-order valence-corrected chi connectivity index (χ1v) is 3.13. The zero-order valence-corrected chi connectivity index (χ0v) is 7.26. The van der Waals surface area contributed by atoms with E-state index >= 15 is 0 Å². The molecule has 0 amide bonds. The van der Waals surface area contributed by atoms with E-state index in [1.165, 1.54) is 0 Å². The number of quaternary nitrogens is 1. The zero-order chi connectivity index (χ0) is 10.0. The number of pyridine rings is 1. The number of carboxylic acid groups (broad SMARTS) is 1. The Morgan fingerprint density at radius 3 is 2.50 bits per heavy atom. The number of aromatic carboxylic acids is 1. The van der Waals surface area contributed by atoms with Crippen LogP contribution in [0.25, 0.3) is 0 Å². The third-order valence-electron chi connectivity index (χ3n) is 1.32. The second-order valence-electron chi connectivity index (χ2n) is 2.17. The Morgan fingerprint density at radius 2 is 2.14 bits per heavy atom. The first kappa shape index (κ1) is 11.8. The molecular formula is C6H8N4O4. The number of nitro groups is 1. The van der Waals surface area contributed by atoms with Gasteiger partial charge in [0.25, 0.3) is 0 Å². The molecule has 0 aliphatic carbocycles. The summed E-state index contributed by atoms with van der Waals surface area (Å²) in [4.78, 5) is 23.0. The summed E-state index contributed by atoms with van der Waals surface area (Å²) in [6, 6.07) is 0.882. The van der Waals surface area contributed by atoms with Crippen LogP contribution in [0.15, 0.2) is 12.3 Å². The summed E-state index contributed by atoms with van der Waals surface area (Å²) in [5, 5.41) is 20.5. The Morgan fingerprint density at radius 1 is 1.57 bits per heavy atom. The van der Waals surface area contributed by atoms with E-state index in [-0.39, 0.29) is 11.8 Å². The van der Waals surface area contributed by atoms with Crippen LogP contribution in [0, 0.1) is 10.1 Å². The molecule has 14 heavy (non-hydrogen) atoms. The summed E-state index contributed by atoms with van der Waals surface area (Å²) in [5.74, 6) is -1.53. The molecule has 1 aromatic rings. The molecule has 1 heterocycles. The quantitative estimate of drug-likeness (QED) is 0.474. The van der Waals surface area contributed by atoms with E-state index in [0.717, 1.165) is 12.3 Å². The number of nitrogen functional groups attached to an aromatic ring is 1. The topological polar surface area (TPSA) is 159 Å². The molecule has 8 heteroatoms. The lowest BCUT2D eigenvalue weighted by atomic mass is 10.3. The zero-order valence-electron chi connectivity index (χ0n) is 7.26. The fraction of sp³-hybridized carbons (Fsp3) is 0.